The van der Waals surface area contributed by atoms with Crippen LogP contribution in [0, 0.1) is 0 Å². The lowest BCUT2D eigenvalue weighted by atomic mass is 10.4. The van der Waals surface area contributed by atoms with Crippen LogP contribution in [0.2, 0.25) is 0 Å². The normalized spacial score (nSPS) is 9.64. The van der Waals surface area contributed by atoms with Crippen LogP contribution in [-0.4, -0.2) is 28.0 Å². The predicted molar refractivity (Wildman–Crippen MR) is 35.8 cm³/mol. The van der Waals surface area contributed by atoms with Crippen LogP contribution >= 0.6 is 0 Å². The molecule has 0 radical (unpaired) electrons. The van der Waals surface area contributed by atoms with Crippen LogP contribution in [0.4, 0.5) is 0 Å². The van der Waals surface area contributed by atoms with Crippen LogP contribution in [0.15, 0.2) is 12.4 Å². The van der Waals surface area contributed by atoms with E-state index >= 15 is 0 Å². The molecule has 0 saturated heterocycles. The molecule has 1 heterocycles. The molecule has 11 heavy (non-hydrogen) atoms. The third kappa shape index (κ3) is 1.56. The molecule has 0 fully saturated rings. The summed E-state index contributed by atoms with van der Waals surface area (Å²) in [5.41, 5.74) is 0.335. The van der Waals surface area contributed by atoms with Crippen molar-refractivity contribution < 1.29 is 14.6 Å². The average molecular weight is 156 g/mol. The highest BCUT2D eigenvalue weighted by Crippen LogP contribution is 1.98. The number of methoxy groups -OCH3 is 1. The van der Waals surface area contributed by atoms with Crippen LogP contribution in [0.5, 0.6) is 0 Å². The van der Waals surface area contributed by atoms with E-state index in [1.54, 1.807) is 0 Å². The quantitative estimate of drug-likeness (QED) is 0.593. The summed E-state index contributed by atoms with van der Waals surface area (Å²) in [5, 5.41) is 12.2. The van der Waals surface area contributed by atoms with Gasteiger partial charge in [-0.3, -0.25) is 0 Å². The van der Waals surface area contributed by atoms with Crippen LogP contribution in [-0.2, 0) is 11.5 Å². The minimum absolute atomic E-state index is 0.239. The van der Waals surface area contributed by atoms with E-state index in [0.717, 1.165) is 0 Å². The number of hydrogen-bond acceptors (Lipinski definition) is 4. The van der Waals surface area contributed by atoms with E-state index in [0.29, 0.717) is 5.56 Å². The van der Waals surface area contributed by atoms with Crippen LogP contribution < -0.4 is 0 Å². The number of aliphatic hydroxyl groups is 1. The Hall–Kier alpha value is -1.36. The summed E-state index contributed by atoms with van der Waals surface area (Å²) in [6.07, 6.45) is 2.74. The van der Waals surface area contributed by atoms with Crippen molar-refractivity contribution in [1.82, 2.24) is 9.78 Å². The first-order valence-electron chi connectivity index (χ1n) is 2.99. The first-order chi connectivity index (χ1) is 5.27. The second kappa shape index (κ2) is 3.16. The molecule has 0 aromatic carbocycles. The van der Waals surface area contributed by atoms with Gasteiger partial charge in [0, 0.05) is 6.20 Å². The number of carbonyl (C=O) groups excluding carboxylic acids is 1. The number of aromatic nitrogens is 2. The molecule has 5 heteroatoms. The summed E-state index contributed by atoms with van der Waals surface area (Å²) in [6, 6.07) is 0. The Balaban J connectivity index is 2.80. The number of carbonyl (C=O) groups is 1. The lowest BCUT2D eigenvalue weighted by Crippen LogP contribution is -2.00. The van der Waals surface area contributed by atoms with Crippen molar-refractivity contribution in [2.24, 2.45) is 0 Å². The van der Waals surface area contributed by atoms with E-state index in [1.165, 1.54) is 24.2 Å². The van der Waals surface area contributed by atoms with Gasteiger partial charge in [-0.2, -0.15) is 5.10 Å². The zero-order valence-corrected chi connectivity index (χ0v) is 6.02. The van der Waals surface area contributed by atoms with Crippen LogP contribution in [0.1, 0.15) is 10.4 Å². The van der Waals surface area contributed by atoms with Crippen molar-refractivity contribution in [3.63, 3.8) is 0 Å². The molecule has 0 aliphatic carbocycles. The number of rotatable bonds is 2. The fourth-order valence-corrected chi connectivity index (χ4v) is 0.664. The molecule has 0 aliphatic heterocycles. The number of esters is 1. The molecule has 0 atom stereocenters. The van der Waals surface area contributed by atoms with E-state index in [4.69, 9.17) is 5.11 Å². The molecule has 1 N–H and O–H groups in total. The second-order valence-corrected chi connectivity index (χ2v) is 1.90. The van der Waals surface area contributed by atoms with Crippen molar-refractivity contribution in [3.8, 4) is 0 Å². The molecule has 0 saturated carbocycles. The molecular weight excluding hydrogens is 148 g/mol. The van der Waals surface area contributed by atoms with Gasteiger partial charge in [-0.1, -0.05) is 0 Å². The highest BCUT2D eigenvalue weighted by Gasteiger charge is 2.06. The Morgan fingerprint density at radius 2 is 2.64 bits per heavy atom. The smallest absolute Gasteiger partial charge is 0.341 e. The highest BCUT2D eigenvalue weighted by molar-refractivity contribution is 5.88. The van der Waals surface area contributed by atoms with E-state index in [1.807, 2.05) is 0 Å². The van der Waals surface area contributed by atoms with Crippen LogP contribution in [0.25, 0.3) is 0 Å². The maximum absolute atomic E-state index is 10.8. The maximum atomic E-state index is 10.8. The summed E-state index contributed by atoms with van der Waals surface area (Å²) in [5.74, 6) is -0.454. The highest BCUT2D eigenvalue weighted by atomic mass is 16.5. The van der Waals surface area contributed by atoms with Gasteiger partial charge in [0.05, 0.1) is 18.9 Å². The van der Waals surface area contributed by atoms with E-state index in [2.05, 4.69) is 9.84 Å². The fourth-order valence-electron chi connectivity index (χ4n) is 0.664. The van der Waals surface area contributed by atoms with E-state index < -0.39 is 5.97 Å². The number of hydrogen-bond donors (Lipinski definition) is 1. The van der Waals surface area contributed by atoms with Crippen molar-refractivity contribution in [2.75, 3.05) is 7.11 Å². The van der Waals surface area contributed by atoms with Crippen molar-refractivity contribution in [2.45, 2.75) is 6.73 Å². The molecule has 1 aromatic heterocycles. The fraction of sp³-hybridized carbons (Fsp3) is 0.333. The number of aliphatic hydroxyl groups excluding tert-OH is 1. The number of nitrogens with zero attached hydrogens (tertiary/aromatic N) is 2. The molecule has 0 amide bonds. The van der Waals surface area contributed by atoms with Gasteiger partial charge in [0.15, 0.2) is 0 Å². The number of ether oxygens (including phenoxy) is 1. The summed E-state index contributed by atoms with van der Waals surface area (Å²) in [6.45, 7) is -0.239. The standard InChI is InChI=1S/C6H8N2O3/c1-11-6(10)5-2-7-8(3-5)4-9/h2-3,9H,4H2,1H3. The molecule has 5 nitrogen and oxygen atoms in total. The van der Waals surface area contributed by atoms with Gasteiger partial charge in [-0.15, -0.1) is 0 Å². The topological polar surface area (TPSA) is 64.3 Å². The summed E-state index contributed by atoms with van der Waals surface area (Å²) >= 11 is 0. The van der Waals surface area contributed by atoms with Crippen molar-refractivity contribution in [1.29, 1.82) is 0 Å². The third-order valence-corrected chi connectivity index (χ3v) is 1.20. The second-order valence-electron chi connectivity index (χ2n) is 1.90. The summed E-state index contributed by atoms with van der Waals surface area (Å²) in [4.78, 5) is 10.8. The van der Waals surface area contributed by atoms with Gasteiger partial charge in [-0.05, 0) is 0 Å². The Morgan fingerprint density at radius 1 is 1.91 bits per heavy atom. The van der Waals surface area contributed by atoms with Gasteiger partial charge in [0.25, 0.3) is 0 Å². The lowest BCUT2D eigenvalue weighted by Gasteiger charge is -1.91. The molecule has 0 aliphatic rings. The first kappa shape index (κ1) is 7.74. The Labute approximate surface area is 63.2 Å². The molecule has 0 bridgehead atoms. The van der Waals surface area contributed by atoms with Crippen LogP contribution in [0.3, 0.4) is 0 Å². The lowest BCUT2D eigenvalue weighted by molar-refractivity contribution is 0.0600. The Bertz CT molecular complexity index is 256. The summed E-state index contributed by atoms with van der Waals surface area (Å²) in [7, 11) is 1.29. The average Bonchev–Trinajstić information content (AvgIpc) is 2.50. The molecule has 0 unspecified atom stereocenters. The minimum Gasteiger partial charge on any atom is -0.465 e. The van der Waals surface area contributed by atoms with Crippen molar-refractivity contribution in [3.05, 3.63) is 18.0 Å². The Morgan fingerprint density at radius 3 is 3.09 bits per heavy atom. The largest absolute Gasteiger partial charge is 0.465 e. The van der Waals surface area contributed by atoms with Gasteiger partial charge in [-0.25, -0.2) is 9.48 Å². The van der Waals surface area contributed by atoms with Crippen molar-refractivity contribution >= 4 is 5.97 Å². The monoisotopic (exact) mass is 156 g/mol. The van der Waals surface area contributed by atoms with E-state index in [9.17, 15) is 4.79 Å². The molecule has 1 rings (SSSR count). The molecule has 1 aromatic rings. The Kier molecular flexibility index (Phi) is 2.22. The van der Waals surface area contributed by atoms with Gasteiger partial charge >= 0.3 is 5.97 Å². The third-order valence-electron chi connectivity index (χ3n) is 1.20. The predicted octanol–water partition coefficient (Wildman–Crippen LogP) is -0.381. The van der Waals surface area contributed by atoms with Gasteiger partial charge < -0.3 is 9.84 Å². The zero-order valence-electron chi connectivity index (χ0n) is 6.02. The SMILES string of the molecule is COC(=O)c1cnn(CO)c1. The summed E-state index contributed by atoms with van der Waals surface area (Å²) < 4.78 is 5.65. The van der Waals surface area contributed by atoms with Gasteiger partial charge in [0.1, 0.15) is 6.73 Å². The molecular formula is C6H8N2O3. The van der Waals surface area contributed by atoms with E-state index in [-0.39, 0.29) is 6.73 Å². The zero-order chi connectivity index (χ0) is 8.27. The van der Waals surface area contributed by atoms with Gasteiger partial charge in [0.2, 0.25) is 0 Å². The maximum Gasteiger partial charge on any atom is 0.341 e. The minimum atomic E-state index is -0.454. The molecule has 60 valence electrons. The molecule has 0 spiro atoms. The first-order valence-corrected chi connectivity index (χ1v) is 2.99.